The smallest absolute Gasteiger partial charge is 0.245 e. The predicted octanol–water partition coefficient (Wildman–Crippen LogP) is 9.36. The lowest BCUT2D eigenvalue weighted by molar-refractivity contribution is 0.185. The van der Waals surface area contributed by atoms with Crippen LogP contribution in [0.4, 0.5) is 5.95 Å². The molecule has 2 aliphatic rings. The van der Waals surface area contributed by atoms with Gasteiger partial charge in [0.15, 0.2) is 0 Å². The zero-order chi connectivity index (χ0) is 31.1. The van der Waals surface area contributed by atoms with Crippen molar-refractivity contribution in [1.29, 1.82) is 0 Å². The maximum Gasteiger partial charge on any atom is 0.245 e. The number of nitrogens with one attached hydrogen (secondary N) is 1. The second-order valence-corrected chi connectivity index (χ2v) is 14.2. The van der Waals surface area contributed by atoms with Gasteiger partial charge >= 0.3 is 0 Å². The lowest BCUT2D eigenvalue weighted by Crippen LogP contribution is -2.26. The quantitative estimate of drug-likeness (QED) is 0.189. The molecule has 2 aromatic carbocycles. The summed E-state index contributed by atoms with van der Waals surface area (Å²) in [6, 6.07) is 19.1. The molecule has 0 saturated heterocycles. The zero-order valence-electron chi connectivity index (χ0n) is 26.6. The monoisotopic (exact) mass is 617 g/mol. The van der Waals surface area contributed by atoms with Crippen molar-refractivity contribution >= 4 is 35.2 Å². The van der Waals surface area contributed by atoms with E-state index in [-0.39, 0.29) is 11.8 Å². The molecule has 230 valence electrons. The van der Waals surface area contributed by atoms with Crippen molar-refractivity contribution < 1.29 is 9.15 Å². The van der Waals surface area contributed by atoms with Crippen LogP contribution in [-0.4, -0.2) is 26.5 Å². The molecule has 3 aromatic heterocycles. The van der Waals surface area contributed by atoms with Gasteiger partial charge in [-0.05, 0) is 112 Å². The van der Waals surface area contributed by atoms with Crippen LogP contribution in [0.1, 0.15) is 74.1 Å². The number of aromatic nitrogens is 4. The van der Waals surface area contributed by atoms with Gasteiger partial charge in [-0.1, -0.05) is 42.8 Å². The number of furan rings is 1. The Labute approximate surface area is 269 Å². The molecule has 0 radical (unpaired) electrons. The van der Waals surface area contributed by atoms with Gasteiger partial charge in [0.1, 0.15) is 11.3 Å². The molecule has 2 unspecified atom stereocenters. The Morgan fingerprint density at radius 2 is 1.82 bits per heavy atom. The van der Waals surface area contributed by atoms with Gasteiger partial charge in [0.05, 0.1) is 24.2 Å². The fraction of sp³-hybridized carbons (Fsp3) is 0.351. The van der Waals surface area contributed by atoms with Gasteiger partial charge in [0, 0.05) is 28.5 Å². The highest BCUT2D eigenvalue weighted by atomic mass is 32.2. The van der Waals surface area contributed by atoms with Crippen molar-refractivity contribution in [1.82, 2.24) is 19.9 Å². The van der Waals surface area contributed by atoms with Crippen LogP contribution in [0, 0.1) is 25.2 Å². The molecule has 4 bridgehead atoms. The molecule has 7 rings (SSSR count). The van der Waals surface area contributed by atoms with Gasteiger partial charge in [0.2, 0.25) is 17.5 Å². The van der Waals surface area contributed by atoms with E-state index in [1.54, 1.807) is 0 Å². The summed E-state index contributed by atoms with van der Waals surface area (Å²) >= 11 is 1.53. The van der Waals surface area contributed by atoms with E-state index in [9.17, 15) is 0 Å². The van der Waals surface area contributed by atoms with Crippen LogP contribution in [-0.2, 0) is 6.42 Å². The number of nitrogens with zero attached hydrogens (tertiary/aromatic N) is 4. The Kier molecular flexibility index (Phi) is 7.86. The van der Waals surface area contributed by atoms with E-state index in [1.165, 1.54) is 47.1 Å². The number of allylic oxidation sites excluding steroid dienone is 1. The minimum absolute atomic E-state index is 0.178. The molecule has 0 amide bonds. The predicted molar refractivity (Wildman–Crippen MR) is 181 cm³/mol. The van der Waals surface area contributed by atoms with Crippen molar-refractivity contribution in [2.75, 3.05) is 11.3 Å². The zero-order valence-corrected chi connectivity index (χ0v) is 27.4. The SMILES string of the molecule is CC(C)=Cc1cc2nc(CC3c4cccc(c4)SNc4nc(cc(-c5c(C)cccc5C)n4)OCC3CC3(C)CC3)cnc2o1. The highest BCUT2D eigenvalue weighted by Crippen LogP contribution is 2.52. The number of rotatable bonds is 6. The minimum atomic E-state index is 0.178. The molecule has 45 heavy (non-hydrogen) atoms. The summed E-state index contributed by atoms with van der Waals surface area (Å²) < 4.78 is 16.0. The molecule has 2 atom stereocenters. The number of fused-ring (bicyclic) bond motifs is 5. The Bertz CT molecular complexity index is 1890. The molecule has 7 nitrogen and oxygen atoms in total. The third kappa shape index (κ3) is 6.61. The molecular weight excluding hydrogens is 579 g/mol. The summed E-state index contributed by atoms with van der Waals surface area (Å²) in [5.41, 5.74) is 9.42. The van der Waals surface area contributed by atoms with E-state index in [0.29, 0.717) is 29.6 Å². The summed E-state index contributed by atoms with van der Waals surface area (Å²) in [5, 5.41) is 0. The van der Waals surface area contributed by atoms with Crippen molar-refractivity contribution in [3.8, 4) is 17.1 Å². The van der Waals surface area contributed by atoms with Crippen molar-refractivity contribution in [3.63, 3.8) is 0 Å². The maximum absolute atomic E-state index is 6.64. The van der Waals surface area contributed by atoms with Gasteiger partial charge in [0.25, 0.3) is 0 Å². The fourth-order valence-corrected chi connectivity index (χ4v) is 7.12. The number of benzene rings is 2. The second-order valence-electron chi connectivity index (χ2n) is 13.3. The number of ether oxygens (including phenoxy) is 1. The summed E-state index contributed by atoms with van der Waals surface area (Å²) in [4.78, 5) is 20.5. The van der Waals surface area contributed by atoms with Crippen LogP contribution in [0.15, 0.2) is 75.7 Å². The molecule has 1 fully saturated rings. The molecular formula is C37H39N5O2S. The molecule has 1 aliphatic heterocycles. The van der Waals surface area contributed by atoms with Crippen molar-refractivity contribution in [2.24, 2.45) is 11.3 Å². The van der Waals surface area contributed by atoms with E-state index in [1.807, 2.05) is 24.4 Å². The Morgan fingerprint density at radius 3 is 2.60 bits per heavy atom. The van der Waals surface area contributed by atoms with Crippen molar-refractivity contribution in [2.45, 2.75) is 71.1 Å². The third-order valence-electron chi connectivity index (χ3n) is 9.03. The molecule has 1 aliphatic carbocycles. The first-order valence-corrected chi connectivity index (χ1v) is 16.5. The largest absolute Gasteiger partial charge is 0.477 e. The first-order valence-electron chi connectivity index (χ1n) is 15.7. The Morgan fingerprint density at radius 1 is 1.02 bits per heavy atom. The Balaban J connectivity index is 1.27. The van der Waals surface area contributed by atoms with Crippen LogP contribution in [0.2, 0.25) is 0 Å². The van der Waals surface area contributed by atoms with Gasteiger partial charge in [-0.2, -0.15) is 4.98 Å². The normalized spacial score (nSPS) is 18.7. The highest BCUT2D eigenvalue weighted by Gasteiger charge is 2.42. The van der Waals surface area contributed by atoms with Crippen molar-refractivity contribution in [3.05, 3.63) is 94.5 Å². The molecule has 0 spiro atoms. The lowest BCUT2D eigenvalue weighted by atomic mass is 9.78. The number of hydrogen-bond acceptors (Lipinski definition) is 8. The van der Waals surface area contributed by atoms with Gasteiger partial charge in [-0.15, -0.1) is 0 Å². The second kappa shape index (κ2) is 12.0. The van der Waals surface area contributed by atoms with Crippen LogP contribution in [0.5, 0.6) is 5.88 Å². The average Bonchev–Trinajstić information content (AvgIpc) is 3.60. The summed E-state index contributed by atoms with van der Waals surface area (Å²) in [6.07, 6.45) is 8.21. The number of anilines is 1. The third-order valence-corrected chi connectivity index (χ3v) is 9.80. The molecule has 1 N–H and O–H groups in total. The van der Waals surface area contributed by atoms with E-state index in [4.69, 9.17) is 24.1 Å². The number of aryl methyl sites for hydroxylation is 2. The van der Waals surface area contributed by atoms with Crippen LogP contribution < -0.4 is 9.46 Å². The standard InChI is InChI=1S/C37H39N5O2S/c1-22(2)14-28-17-32-35(44-28)38-20-27(39-32)16-30-25-10-7-11-29(15-25)45-42-36-40-31(34-23(3)8-6-9-24(34)4)18-33(41-36)43-21-26(30)19-37(5)12-13-37/h6-11,14-15,17-18,20,26,30H,12-13,16,19,21H2,1-5H3,(H,40,41,42). The van der Waals surface area contributed by atoms with E-state index in [2.05, 4.69) is 86.8 Å². The van der Waals surface area contributed by atoms with Crippen LogP contribution in [0.25, 0.3) is 28.6 Å². The molecule has 4 heterocycles. The first-order chi connectivity index (χ1) is 21.7. The van der Waals surface area contributed by atoms with Gasteiger partial charge in [-0.3, -0.25) is 4.72 Å². The van der Waals surface area contributed by atoms with Crippen LogP contribution >= 0.6 is 11.9 Å². The Hall–Kier alpha value is -4.17. The number of hydrogen-bond donors (Lipinski definition) is 1. The minimum Gasteiger partial charge on any atom is -0.477 e. The van der Waals surface area contributed by atoms with Gasteiger partial charge in [-0.25, -0.2) is 15.0 Å². The maximum atomic E-state index is 6.64. The summed E-state index contributed by atoms with van der Waals surface area (Å²) in [6.45, 7) is 11.3. The lowest BCUT2D eigenvalue weighted by Gasteiger charge is -2.30. The molecule has 8 heteroatoms. The average molecular weight is 618 g/mol. The first kappa shape index (κ1) is 29.5. The molecule has 5 aromatic rings. The topological polar surface area (TPSA) is 86.0 Å². The van der Waals surface area contributed by atoms with E-state index < -0.39 is 0 Å². The van der Waals surface area contributed by atoms with E-state index in [0.717, 1.165) is 46.0 Å². The highest BCUT2D eigenvalue weighted by molar-refractivity contribution is 8.00. The molecule has 1 saturated carbocycles. The van der Waals surface area contributed by atoms with E-state index >= 15 is 0 Å². The summed E-state index contributed by atoms with van der Waals surface area (Å²) in [5.74, 6) is 2.33. The fourth-order valence-electron chi connectivity index (χ4n) is 6.48. The van der Waals surface area contributed by atoms with Gasteiger partial charge < -0.3 is 9.15 Å². The van der Waals surface area contributed by atoms with Crippen LogP contribution in [0.3, 0.4) is 0 Å². The summed E-state index contributed by atoms with van der Waals surface area (Å²) in [7, 11) is 0.